The number of rotatable bonds is 10. The SMILES string of the molecule is O=S(=O)(c1cccc(OC[C@@H](O)CN[C@H]2COC3(CCN(S(=O)(=O)c4cnc5c(c4)NCCO5)CC3)C2)c1)C1CC1. The molecule has 2 atom stereocenters. The highest BCUT2D eigenvalue weighted by molar-refractivity contribution is 7.92. The second-order valence-electron chi connectivity index (χ2n) is 11.2. The van der Waals surface area contributed by atoms with Gasteiger partial charge >= 0.3 is 0 Å². The van der Waals surface area contributed by atoms with Crippen LogP contribution >= 0.6 is 0 Å². The molecule has 4 heterocycles. The van der Waals surface area contributed by atoms with Crippen LogP contribution in [0.3, 0.4) is 0 Å². The van der Waals surface area contributed by atoms with E-state index in [4.69, 9.17) is 14.2 Å². The van der Waals surface area contributed by atoms with E-state index >= 15 is 0 Å². The maximum Gasteiger partial charge on any atom is 0.244 e. The number of sulfone groups is 1. The molecular weight excluding hydrogens is 572 g/mol. The summed E-state index contributed by atoms with van der Waals surface area (Å²) in [6.07, 6.45) is 3.82. The van der Waals surface area contributed by atoms with E-state index in [0.717, 1.165) is 6.42 Å². The Bertz CT molecular complexity index is 1470. The van der Waals surface area contributed by atoms with Crippen molar-refractivity contribution >= 4 is 25.5 Å². The van der Waals surface area contributed by atoms with Crippen LogP contribution in [0.15, 0.2) is 46.3 Å². The summed E-state index contributed by atoms with van der Waals surface area (Å²) in [7, 11) is -7.00. The summed E-state index contributed by atoms with van der Waals surface area (Å²) in [6, 6.07) is 8.03. The molecule has 12 nitrogen and oxygen atoms in total. The lowest BCUT2D eigenvalue weighted by Crippen LogP contribution is -2.47. The normalized spacial score (nSPS) is 23.4. The van der Waals surface area contributed by atoms with Gasteiger partial charge in [0.25, 0.3) is 0 Å². The molecule has 4 aliphatic rings. The van der Waals surface area contributed by atoms with Gasteiger partial charge in [-0.1, -0.05) is 6.07 Å². The van der Waals surface area contributed by atoms with E-state index in [1.165, 1.54) is 16.6 Å². The number of hydrogen-bond donors (Lipinski definition) is 3. The lowest BCUT2D eigenvalue weighted by Gasteiger charge is -2.38. The van der Waals surface area contributed by atoms with Gasteiger partial charge in [-0.05, 0) is 56.4 Å². The molecule has 14 heteroatoms. The molecule has 0 amide bonds. The first kappa shape index (κ1) is 28.6. The number of sulfonamides is 1. The number of hydrogen-bond acceptors (Lipinski definition) is 11. The number of piperidine rings is 1. The van der Waals surface area contributed by atoms with E-state index in [9.17, 15) is 21.9 Å². The third-order valence-corrected chi connectivity index (χ3v) is 12.3. The minimum absolute atomic E-state index is 0.0185. The molecule has 0 unspecified atom stereocenters. The summed E-state index contributed by atoms with van der Waals surface area (Å²) in [5, 5.41) is 16.6. The second kappa shape index (κ2) is 11.3. The van der Waals surface area contributed by atoms with E-state index in [0.29, 0.717) is 75.8 Å². The van der Waals surface area contributed by atoms with E-state index in [2.05, 4.69) is 15.6 Å². The summed E-state index contributed by atoms with van der Waals surface area (Å²) in [5.74, 6) is 0.822. The Hall–Kier alpha value is -2.49. The van der Waals surface area contributed by atoms with Crippen molar-refractivity contribution in [2.75, 3.05) is 51.3 Å². The molecule has 2 saturated heterocycles. The first-order chi connectivity index (χ1) is 19.6. The minimum Gasteiger partial charge on any atom is -0.491 e. The van der Waals surface area contributed by atoms with Crippen molar-refractivity contribution in [3.05, 3.63) is 36.5 Å². The van der Waals surface area contributed by atoms with Crippen molar-refractivity contribution in [3.63, 3.8) is 0 Å². The Morgan fingerprint density at radius 2 is 1.98 bits per heavy atom. The number of anilines is 1. The van der Waals surface area contributed by atoms with Gasteiger partial charge in [0.2, 0.25) is 15.9 Å². The fourth-order valence-corrected chi connectivity index (χ4v) is 8.73. The monoisotopic (exact) mass is 608 g/mol. The molecule has 1 aliphatic carbocycles. The van der Waals surface area contributed by atoms with Crippen molar-refractivity contribution < 1.29 is 36.2 Å². The second-order valence-corrected chi connectivity index (χ2v) is 15.4. The van der Waals surface area contributed by atoms with Crippen molar-refractivity contribution in [1.82, 2.24) is 14.6 Å². The maximum atomic E-state index is 13.3. The molecule has 1 saturated carbocycles. The molecule has 6 rings (SSSR count). The Balaban J connectivity index is 0.961. The lowest BCUT2D eigenvalue weighted by atomic mass is 9.88. The van der Waals surface area contributed by atoms with Crippen molar-refractivity contribution in [2.45, 2.75) is 64.9 Å². The van der Waals surface area contributed by atoms with Gasteiger partial charge in [0.15, 0.2) is 9.84 Å². The summed E-state index contributed by atoms with van der Waals surface area (Å²) < 4.78 is 70.3. The van der Waals surface area contributed by atoms with Crippen LogP contribution in [0.2, 0.25) is 0 Å². The van der Waals surface area contributed by atoms with Gasteiger partial charge in [-0.2, -0.15) is 4.31 Å². The highest BCUT2D eigenvalue weighted by Gasteiger charge is 2.45. The number of aromatic nitrogens is 1. The fraction of sp³-hybridized carbons (Fsp3) is 0.593. The third kappa shape index (κ3) is 6.18. The van der Waals surface area contributed by atoms with Crippen LogP contribution in [0, 0.1) is 0 Å². The maximum absolute atomic E-state index is 13.3. The van der Waals surface area contributed by atoms with Crippen LogP contribution in [-0.4, -0.2) is 100 Å². The summed E-state index contributed by atoms with van der Waals surface area (Å²) in [5.41, 5.74) is 0.184. The largest absolute Gasteiger partial charge is 0.491 e. The molecule has 3 aliphatic heterocycles. The Morgan fingerprint density at radius 3 is 2.76 bits per heavy atom. The molecule has 1 aromatic carbocycles. The average Bonchev–Trinajstić information content (AvgIpc) is 3.78. The first-order valence-corrected chi connectivity index (χ1v) is 17.0. The molecule has 3 fully saturated rings. The fourth-order valence-electron chi connectivity index (χ4n) is 5.62. The van der Waals surface area contributed by atoms with Crippen LogP contribution in [0.4, 0.5) is 5.69 Å². The van der Waals surface area contributed by atoms with Crippen molar-refractivity contribution in [1.29, 1.82) is 0 Å². The quantitative estimate of drug-likeness (QED) is 0.356. The van der Waals surface area contributed by atoms with Gasteiger partial charge in [-0.3, -0.25) is 0 Å². The smallest absolute Gasteiger partial charge is 0.244 e. The minimum atomic E-state index is -3.69. The zero-order chi connectivity index (χ0) is 28.7. The number of ether oxygens (including phenoxy) is 3. The Morgan fingerprint density at radius 1 is 1.17 bits per heavy atom. The van der Waals surface area contributed by atoms with Crippen LogP contribution in [-0.2, 0) is 24.6 Å². The van der Waals surface area contributed by atoms with Gasteiger partial charge in [0.1, 0.15) is 30.0 Å². The van der Waals surface area contributed by atoms with Gasteiger partial charge in [0.05, 0.1) is 34.2 Å². The first-order valence-electron chi connectivity index (χ1n) is 14.0. The zero-order valence-corrected chi connectivity index (χ0v) is 24.3. The van der Waals surface area contributed by atoms with Crippen molar-refractivity contribution in [2.24, 2.45) is 0 Å². The Kier molecular flexibility index (Phi) is 7.89. The predicted molar refractivity (Wildman–Crippen MR) is 149 cm³/mol. The predicted octanol–water partition coefficient (Wildman–Crippen LogP) is 1.16. The van der Waals surface area contributed by atoms with Crippen LogP contribution < -0.4 is 20.1 Å². The molecule has 0 radical (unpaired) electrons. The molecule has 224 valence electrons. The Labute approximate surface area is 240 Å². The number of nitrogens with one attached hydrogen (secondary N) is 2. The highest BCUT2D eigenvalue weighted by atomic mass is 32.2. The molecule has 41 heavy (non-hydrogen) atoms. The topological polar surface area (TPSA) is 156 Å². The van der Waals surface area contributed by atoms with Crippen molar-refractivity contribution in [3.8, 4) is 11.6 Å². The van der Waals surface area contributed by atoms with Crippen LogP contribution in [0.1, 0.15) is 32.1 Å². The number of pyridine rings is 1. The summed E-state index contributed by atoms with van der Waals surface area (Å²) >= 11 is 0. The highest BCUT2D eigenvalue weighted by Crippen LogP contribution is 2.38. The van der Waals surface area contributed by atoms with E-state index in [-0.39, 0.29) is 34.2 Å². The van der Waals surface area contributed by atoms with Gasteiger partial charge < -0.3 is 30.0 Å². The summed E-state index contributed by atoms with van der Waals surface area (Å²) in [6.45, 7) is 2.57. The molecule has 2 aromatic rings. The molecular formula is C27H36N4O8S2. The van der Waals surface area contributed by atoms with E-state index in [1.54, 1.807) is 24.3 Å². The van der Waals surface area contributed by atoms with Gasteiger partial charge in [-0.15, -0.1) is 0 Å². The van der Waals surface area contributed by atoms with Crippen LogP contribution in [0.5, 0.6) is 11.6 Å². The average molecular weight is 609 g/mol. The zero-order valence-electron chi connectivity index (χ0n) is 22.7. The molecule has 1 aromatic heterocycles. The van der Waals surface area contributed by atoms with Crippen LogP contribution in [0.25, 0.3) is 0 Å². The number of aliphatic hydroxyl groups is 1. The summed E-state index contributed by atoms with van der Waals surface area (Å²) in [4.78, 5) is 4.57. The molecule has 0 bridgehead atoms. The number of nitrogens with zero attached hydrogens (tertiary/aromatic N) is 2. The molecule has 1 spiro atoms. The number of aliphatic hydroxyl groups excluding tert-OH is 1. The molecule has 3 N–H and O–H groups in total. The number of fused-ring (bicyclic) bond motifs is 1. The van der Waals surface area contributed by atoms with Gasteiger partial charge in [0, 0.05) is 32.2 Å². The van der Waals surface area contributed by atoms with E-state index in [1.807, 2.05) is 0 Å². The number of benzene rings is 1. The van der Waals surface area contributed by atoms with Gasteiger partial charge in [-0.25, -0.2) is 21.8 Å². The standard InChI is InChI=1S/C27H36N4O8S2/c32-20(18-38-21-2-1-3-23(12-21)40(33,34)22-4-5-22)15-29-19-14-27(39-17-19)6-9-31(10-7-27)41(35,36)24-13-25-26(30-16-24)37-11-8-28-25/h1-3,12-13,16,19-20,22,28-29,32H,4-11,14-15,17-18H2/t19-,20+/m1/s1. The van der Waals surface area contributed by atoms with E-state index < -0.39 is 31.6 Å². The lowest BCUT2D eigenvalue weighted by molar-refractivity contribution is -0.0312. The third-order valence-electron chi connectivity index (χ3n) is 8.14.